The highest BCUT2D eigenvalue weighted by Crippen LogP contribution is 2.34. The van der Waals surface area contributed by atoms with Gasteiger partial charge in [-0.15, -0.1) is 0 Å². The third-order valence-corrected chi connectivity index (χ3v) is 5.56. The van der Waals surface area contributed by atoms with Gasteiger partial charge in [-0.3, -0.25) is 0 Å². The molecule has 1 aromatic rings. The summed E-state index contributed by atoms with van der Waals surface area (Å²) in [6, 6.07) is 8.37. The van der Waals surface area contributed by atoms with Gasteiger partial charge in [0.2, 0.25) is 0 Å². The molecule has 1 heterocycles. The molecule has 0 unspecified atom stereocenters. The maximum atomic E-state index is 12.1. The maximum absolute atomic E-state index is 12.1. The molecule has 3 N–H and O–H groups in total. The van der Waals surface area contributed by atoms with E-state index < -0.39 is 5.60 Å². The molecule has 3 rings (SSSR count). The van der Waals surface area contributed by atoms with Crippen molar-refractivity contribution in [3.8, 4) is 0 Å². The molecule has 1 saturated carbocycles. The van der Waals surface area contributed by atoms with Crippen molar-refractivity contribution in [3.05, 3.63) is 35.4 Å². The van der Waals surface area contributed by atoms with E-state index in [1.165, 1.54) is 11.1 Å². The van der Waals surface area contributed by atoms with Gasteiger partial charge in [0, 0.05) is 31.7 Å². The molecular formula is C19H28N2O3. The van der Waals surface area contributed by atoms with E-state index in [1.54, 1.807) is 0 Å². The van der Waals surface area contributed by atoms with Crippen LogP contribution in [-0.2, 0) is 10.2 Å². The van der Waals surface area contributed by atoms with Crippen molar-refractivity contribution in [3.63, 3.8) is 0 Å². The van der Waals surface area contributed by atoms with Crippen molar-refractivity contribution >= 4 is 6.03 Å². The zero-order valence-corrected chi connectivity index (χ0v) is 14.4. The van der Waals surface area contributed by atoms with Gasteiger partial charge in [0.15, 0.2) is 0 Å². The average molecular weight is 332 g/mol. The number of ether oxygens (including phenoxy) is 1. The SMILES string of the molecule is Cc1ccc(C2(CNC(=O)NCC3(O)CCC3)CCOCC2)cc1. The van der Waals surface area contributed by atoms with Crippen molar-refractivity contribution in [1.82, 2.24) is 10.6 Å². The Balaban J connectivity index is 1.60. The number of amides is 2. The first kappa shape index (κ1) is 17.2. The summed E-state index contributed by atoms with van der Waals surface area (Å²) < 4.78 is 5.53. The minimum atomic E-state index is -0.690. The van der Waals surface area contributed by atoms with Gasteiger partial charge >= 0.3 is 6.03 Å². The van der Waals surface area contributed by atoms with Crippen LogP contribution < -0.4 is 10.6 Å². The van der Waals surface area contributed by atoms with Crippen LogP contribution in [0, 0.1) is 6.92 Å². The molecule has 1 aliphatic heterocycles. The van der Waals surface area contributed by atoms with Gasteiger partial charge in [-0.25, -0.2) is 4.79 Å². The van der Waals surface area contributed by atoms with Crippen LogP contribution in [0.1, 0.15) is 43.2 Å². The molecule has 1 saturated heterocycles. The predicted molar refractivity (Wildman–Crippen MR) is 93.1 cm³/mol. The molecular weight excluding hydrogens is 304 g/mol. The minimum absolute atomic E-state index is 0.0728. The monoisotopic (exact) mass is 332 g/mol. The zero-order chi connectivity index (χ0) is 17.0. The van der Waals surface area contributed by atoms with Gasteiger partial charge in [0.1, 0.15) is 0 Å². The van der Waals surface area contributed by atoms with Gasteiger partial charge in [-0.2, -0.15) is 0 Å². The number of hydrogen-bond acceptors (Lipinski definition) is 3. The summed E-state index contributed by atoms with van der Waals surface area (Å²) >= 11 is 0. The predicted octanol–water partition coefficient (Wildman–Crippen LogP) is 2.26. The van der Waals surface area contributed by atoms with Crippen LogP contribution in [0.3, 0.4) is 0 Å². The van der Waals surface area contributed by atoms with Crippen molar-refractivity contribution < 1.29 is 14.6 Å². The van der Waals surface area contributed by atoms with E-state index in [9.17, 15) is 9.90 Å². The lowest BCUT2D eigenvalue weighted by Gasteiger charge is -2.39. The lowest BCUT2D eigenvalue weighted by Crippen LogP contribution is -2.52. The molecule has 0 spiro atoms. The Morgan fingerprint density at radius 2 is 1.71 bits per heavy atom. The summed E-state index contributed by atoms with van der Waals surface area (Å²) in [7, 11) is 0. The number of carbonyl (C=O) groups excluding carboxylic acids is 1. The lowest BCUT2D eigenvalue weighted by molar-refractivity contribution is -0.0290. The topological polar surface area (TPSA) is 70.6 Å². The third kappa shape index (κ3) is 3.90. The first-order chi connectivity index (χ1) is 11.5. The Morgan fingerprint density at radius 3 is 2.29 bits per heavy atom. The fourth-order valence-corrected chi connectivity index (χ4v) is 3.56. The molecule has 24 heavy (non-hydrogen) atoms. The molecule has 1 aliphatic carbocycles. The normalized spacial score (nSPS) is 21.6. The molecule has 5 heteroatoms. The highest BCUT2D eigenvalue weighted by molar-refractivity contribution is 5.74. The van der Waals surface area contributed by atoms with Crippen LogP contribution in [0.15, 0.2) is 24.3 Å². The standard InChI is InChI=1S/C19H28N2O3/c1-15-3-5-16(6-4-15)18(9-11-24-12-10-18)13-20-17(22)21-14-19(23)7-2-8-19/h3-6,23H,2,7-14H2,1H3,(H2,20,21,22). The van der Waals surface area contributed by atoms with E-state index in [4.69, 9.17) is 4.74 Å². The summed E-state index contributed by atoms with van der Waals surface area (Å²) in [6.45, 7) is 4.44. The molecule has 1 aromatic carbocycles. The van der Waals surface area contributed by atoms with E-state index in [1.807, 2.05) is 0 Å². The number of urea groups is 1. The highest BCUT2D eigenvalue weighted by Gasteiger charge is 2.36. The second-order valence-electron chi connectivity index (χ2n) is 7.37. The fraction of sp³-hybridized carbons (Fsp3) is 0.632. The summed E-state index contributed by atoms with van der Waals surface area (Å²) in [4.78, 5) is 12.1. The van der Waals surface area contributed by atoms with Crippen LogP contribution in [0.5, 0.6) is 0 Å². The summed E-state index contributed by atoms with van der Waals surface area (Å²) in [5, 5.41) is 15.9. The number of rotatable bonds is 5. The number of benzene rings is 1. The zero-order valence-electron chi connectivity index (χ0n) is 14.4. The van der Waals surface area contributed by atoms with Gasteiger partial charge in [0.25, 0.3) is 0 Å². The van der Waals surface area contributed by atoms with Gasteiger partial charge < -0.3 is 20.5 Å². The van der Waals surface area contributed by atoms with Crippen molar-refractivity contribution in [1.29, 1.82) is 0 Å². The average Bonchev–Trinajstić information content (AvgIpc) is 2.58. The Morgan fingerprint density at radius 1 is 1.08 bits per heavy atom. The van der Waals surface area contributed by atoms with Crippen LogP contribution in [0.2, 0.25) is 0 Å². The van der Waals surface area contributed by atoms with Crippen molar-refractivity contribution in [2.45, 2.75) is 50.0 Å². The van der Waals surface area contributed by atoms with Crippen LogP contribution in [0.25, 0.3) is 0 Å². The Hall–Kier alpha value is -1.59. The molecule has 5 nitrogen and oxygen atoms in total. The van der Waals surface area contributed by atoms with Crippen molar-refractivity contribution in [2.24, 2.45) is 0 Å². The Bertz CT molecular complexity index is 560. The number of nitrogens with one attached hydrogen (secondary N) is 2. The third-order valence-electron chi connectivity index (χ3n) is 5.56. The minimum Gasteiger partial charge on any atom is -0.388 e. The van der Waals surface area contributed by atoms with Gasteiger partial charge in [-0.1, -0.05) is 29.8 Å². The fourth-order valence-electron chi connectivity index (χ4n) is 3.56. The van der Waals surface area contributed by atoms with Crippen molar-refractivity contribution in [2.75, 3.05) is 26.3 Å². The molecule has 132 valence electrons. The van der Waals surface area contributed by atoms with E-state index in [0.29, 0.717) is 13.1 Å². The largest absolute Gasteiger partial charge is 0.388 e. The maximum Gasteiger partial charge on any atom is 0.314 e. The molecule has 2 aliphatic rings. The summed E-state index contributed by atoms with van der Waals surface area (Å²) in [5.41, 5.74) is 1.73. The van der Waals surface area contributed by atoms with E-state index in [-0.39, 0.29) is 11.4 Å². The van der Waals surface area contributed by atoms with Gasteiger partial charge in [-0.05, 0) is 44.6 Å². The Kier molecular flexibility index (Phi) is 5.11. The van der Waals surface area contributed by atoms with E-state index in [2.05, 4.69) is 41.8 Å². The molecule has 0 radical (unpaired) electrons. The number of hydrogen-bond donors (Lipinski definition) is 3. The van der Waals surface area contributed by atoms with Crippen LogP contribution >= 0.6 is 0 Å². The summed E-state index contributed by atoms with van der Waals surface area (Å²) in [6.07, 6.45) is 4.40. The van der Waals surface area contributed by atoms with Crippen LogP contribution in [-0.4, -0.2) is 43.0 Å². The second kappa shape index (κ2) is 7.11. The van der Waals surface area contributed by atoms with Crippen LogP contribution in [0.4, 0.5) is 4.79 Å². The molecule has 0 atom stereocenters. The quantitative estimate of drug-likeness (QED) is 0.774. The first-order valence-electron chi connectivity index (χ1n) is 8.90. The molecule has 2 amide bonds. The second-order valence-corrected chi connectivity index (χ2v) is 7.37. The molecule has 0 aromatic heterocycles. The number of aryl methyl sites for hydroxylation is 1. The Labute approximate surface area is 143 Å². The highest BCUT2D eigenvalue weighted by atomic mass is 16.5. The lowest BCUT2D eigenvalue weighted by atomic mass is 9.74. The number of aliphatic hydroxyl groups is 1. The van der Waals surface area contributed by atoms with E-state index in [0.717, 1.165) is 45.3 Å². The van der Waals surface area contributed by atoms with E-state index >= 15 is 0 Å². The first-order valence-corrected chi connectivity index (χ1v) is 8.90. The molecule has 0 bridgehead atoms. The smallest absolute Gasteiger partial charge is 0.314 e. The summed E-state index contributed by atoms with van der Waals surface area (Å²) in [5.74, 6) is 0. The van der Waals surface area contributed by atoms with Gasteiger partial charge in [0.05, 0.1) is 5.60 Å². The molecule has 2 fully saturated rings. The number of carbonyl (C=O) groups is 1.